The second-order valence-corrected chi connectivity index (χ2v) is 5.11. The Morgan fingerprint density at radius 3 is 2.75 bits per heavy atom. The number of thiophene rings is 1. The van der Waals surface area contributed by atoms with Gasteiger partial charge in [-0.25, -0.2) is 4.79 Å². The first-order valence-electron chi connectivity index (χ1n) is 6.21. The van der Waals surface area contributed by atoms with Crippen molar-refractivity contribution in [2.24, 2.45) is 0 Å². The molecule has 1 aromatic rings. The summed E-state index contributed by atoms with van der Waals surface area (Å²) in [6, 6.07) is 3.46. The van der Waals surface area contributed by atoms with Crippen LogP contribution in [0.4, 0.5) is 0 Å². The average molecular weight is 295 g/mol. The van der Waals surface area contributed by atoms with Crippen LogP contribution in [0.5, 0.6) is 0 Å². The molecule has 0 N–H and O–H groups in total. The SMILES string of the molecule is CCCC(=O)N(C=O)C/C=C\c1ccc(C(=O)OC)s1. The summed E-state index contributed by atoms with van der Waals surface area (Å²) in [4.78, 5) is 36.2. The second-order valence-electron chi connectivity index (χ2n) is 4.00. The van der Waals surface area contributed by atoms with Crippen molar-refractivity contribution in [1.29, 1.82) is 0 Å². The lowest BCUT2D eigenvalue weighted by molar-refractivity contribution is -0.137. The summed E-state index contributed by atoms with van der Waals surface area (Å²) in [7, 11) is 1.33. The van der Waals surface area contributed by atoms with Crippen LogP contribution in [0.25, 0.3) is 6.08 Å². The van der Waals surface area contributed by atoms with Crippen LogP contribution in [0, 0.1) is 0 Å². The zero-order valence-electron chi connectivity index (χ0n) is 11.5. The maximum absolute atomic E-state index is 11.6. The van der Waals surface area contributed by atoms with E-state index < -0.39 is 0 Å². The summed E-state index contributed by atoms with van der Waals surface area (Å²) >= 11 is 1.29. The number of amides is 2. The van der Waals surface area contributed by atoms with Gasteiger partial charge in [0.15, 0.2) is 0 Å². The fourth-order valence-corrected chi connectivity index (χ4v) is 2.35. The Morgan fingerprint density at radius 1 is 1.40 bits per heavy atom. The van der Waals surface area contributed by atoms with E-state index in [0.717, 1.165) is 9.78 Å². The van der Waals surface area contributed by atoms with E-state index in [0.29, 0.717) is 24.1 Å². The fourth-order valence-electron chi connectivity index (χ4n) is 1.50. The summed E-state index contributed by atoms with van der Waals surface area (Å²) in [6.07, 6.45) is 5.09. The molecule has 0 atom stereocenters. The Kier molecular flexibility index (Phi) is 6.66. The molecule has 20 heavy (non-hydrogen) atoms. The number of methoxy groups -OCH3 is 1. The van der Waals surface area contributed by atoms with Crippen LogP contribution in [-0.2, 0) is 14.3 Å². The number of hydrogen-bond donors (Lipinski definition) is 0. The third kappa shape index (κ3) is 4.62. The highest BCUT2D eigenvalue weighted by molar-refractivity contribution is 7.14. The van der Waals surface area contributed by atoms with E-state index >= 15 is 0 Å². The van der Waals surface area contributed by atoms with Crippen LogP contribution in [-0.4, -0.2) is 36.8 Å². The minimum atomic E-state index is -0.373. The van der Waals surface area contributed by atoms with Crippen molar-refractivity contribution in [3.8, 4) is 0 Å². The predicted molar refractivity (Wildman–Crippen MR) is 77.4 cm³/mol. The molecule has 0 bridgehead atoms. The fraction of sp³-hybridized carbons (Fsp3) is 0.357. The zero-order chi connectivity index (χ0) is 15.0. The van der Waals surface area contributed by atoms with E-state index in [2.05, 4.69) is 4.74 Å². The number of esters is 1. The Hall–Kier alpha value is -1.95. The van der Waals surface area contributed by atoms with E-state index in [4.69, 9.17) is 0 Å². The van der Waals surface area contributed by atoms with Crippen molar-refractivity contribution in [1.82, 2.24) is 4.90 Å². The summed E-state index contributed by atoms with van der Waals surface area (Å²) in [5, 5.41) is 0. The Morgan fingerprint density at radius 2 is 2.15 bits per heavy atom. The molecular formula is C14H17NO4S. The summed E-state index contributed by atoms with van der Waals surface area (Å²) in [5.74, 6) is -0.559. The third-order valence-corrected chi connectivity index (χ3v) is 3.54. The minimum absolute atomic E-state index is 0.187. The van der Waals surface area contributed by atoms with Crippen LogP contribution < -0.4 is 0 Å². The van der Waals surface area contributed by atoms with Gasteiger partial charge in [0.2, 0.25) is 12.3 Å². The van der Waals surface area contributed by atoms with Crippen LogP contribution in [0.1, 0.15) is 34.3 Å². The molecule has 0 aromatic carbocycles. The molecule has 1 heterocycles. The van der Waals surface area contributed by atoms with Crippen molar-refractivity contribution in [3.05, 3.63) is 28.0 Å². The Bertz CT molecular complexity index is 507. The van der Waals surface area contributed by atoms with E-state index in [9.17, 15) is 14.4 Å². The predicted octanol–water partition coefficient (Wildman–Crippen LogP) is 2.33. The summed E-state index contributed by atoms with van der Waals surface area (Å²) in [6.45, 7) is 2.12. The van der Waals surface area contributed by atoms with Gasteiger partial charge in [-0.3, -0.25) is 14.5 Å². The van der Waals surface area contributed by atoms with E-state index in [1.54, 1.807) is 24.3 Å². The second kappa shape index (κ2) is 8.27. The van der Waals surface area contributed by atoms with E-state index in [1.807, 2.05) is 6.92 Å². The quantitative estimate of drug-likeness (QED) is 0.572. The average Bonchev–Trinajstić information content (AvgIpc) is 2.91. The first-order chi connectivity index (χ1) is 9.62. The third-order valence-electron chi connectivity index (χ3n) is 2.51. The van der Waals surface area contributed by atoms with Gasteiger partial charge in [-0.05, 0) is 24.6 Å². The van der Waals surface area contributed by atoms with Crippen molar-refractivity contribution < 1.29 is 19.1 Å². The number of carbonyl (C=O) groups is 3. The van der Waals surface area contributed by atoms with Gasteiger partial charge < -0.3 is 4.74 Å². The first kappa shape index (κ1) is 16.1. The van der Waals surface area contributed by atoms with E-state index in [-0.39, 0.29) is 18.4 Å². The van der Waals surface area contributed by atoms with Gasteiger partial charge in [0.1, 0.15) is 4.88 Å². The molecule has 0 spiro atoms. The highest BCUT2D eigenvalue weighted by atomic mass is 32.1. The van der Waals surface area contributed by atoms with Crippen molar-refractivity contribution in [2.45, 2.75) is 19.8 Å². The molecule has 1 aromatic heterocycles. The number of carbonyl (C=O) groups excluding carboxylic acids is 3. The number of nitrogens with zero attached hydrogens (tertiary/aromatic N) is 1. The number of rotatable bonds is 7. The summed E-state index contributed by atoms with van der Waals surface area (Å²) in [5.41, 5.74) is 0. The van der Waals surface area contributed by atoms with Gasteiger partial charge in [0.25, 0.3) is 0 Å². The molecule has 1 rings (SSSR count). The Balaban J connectivity index is 2.59. The van der Waals surface area contributed by atoms with Gasteiger partial charge in [-0.15, -0.1) is 11.3 Å². The molecular weight excluding hydrogens is 278 g/mol. The molecule has 0 unspecified atom stereocenters. The van der Waals surface area contributed by atoms with Gasteiger partial charge >= 0.3 is 5.97 Å². The molecule has 5 nitrogen and oxygen atoms in total. The maximum Gasteiger partial charge on any atom is 0.348 e. The molecule has 6 heteroatoms. The number of imide groups is 1. The molecule has 0 aliphatic heterocycles. The monoisotopic (exact) mass is 295 g/mol. The standard InChI is InChI=1S/C14H17NO4S/c1-3-5-13(17)15(10-16)9-4-6-11-7-8-12(20-11)14(18)19-2/h4,6-8,10H,3,5,9H2,1-2H3/b6-4-. The molecule has 0 aliphatic carbocycles. The lowest BCUT2D eigenvalue weighted by Gasteiger charge is -2.11. The van der Waals surface area contributed by atoms with Gasteiger partial charge in [-0.2, -0.15) is 0 Å². The smallest absolute Gasteiger partial charge is 0.348 e. The van der Waals surface area contributed by atoms with Gasteiger partial charge in [0.05, 0.1) is 7.11 Å². The van der Waals surface area contributed by atoms with E-state index in [1.165, 1.54) is 18.4 Å². The highest BCUT2D eigenvalue weighted by Crippen LogP contribution is 2.18. The van der Waals surface area contributed by atoms with Crippen molar-refractivity contribution >= 4 is 35.7 Å². The van der Waals surface area contributed by atoms with Crippen molar-refractivity contribution in [2.75, 3.05) is 13.7 Å². The van der Waals surface area contributed by atoms with Crippen LogP contribution in [0.2, 0.25) is 0 Å². The molecule has 0 fully saturated rings. The topological polar surface area (TPSA) is 63.7 Å². The summed E-state index contributed by atoms with van der Waals surface area (Å²) < 4.78 is 4.62. The molecule has 0 saturated heterocycles. The molecule has 0 radical (unpaired) electrons. The first-order valence-corrected chi connectivity index (χ1v) is 7.03. The largest absolute Gasteiger partial charge is 0.465 e. The lowest BCUT2D eigenvalue weighted by atomic mass is 10.3. The normalized spacial score (nSPS) is 10.5. The van der Waals surface area contributed by atoms with Gasteiger partial charge in [0, 0.05) is 17.8 Å². The molecule has 0 saturated carbocycles. The van der Waals surface area contributed by atoms with Crippen LogP contribution in [0.15, 0.2) is 18.2 Å². The van der Waals surface area contributed by atoms with Gasteiger partial charge in [-0.1, -0.05) is 13.0 Å². The lowest BCUT2D eigenvalue weighted by Crippen LogP contribution is -2.29. The molecule has 2 amide bonds. The molecule has 0 aliphatic rings. The number of hydrogen-bond acceptors (Lipinski definition) is 5. The highest BCUT2D eigenvalue weighted by Gasteiger charge is 2.10. The minimum Gasteiger partial charge on any atom is -0.465 e. The number of ether oxygens (including phenoxy) is 1. The zero-order valence-corrected chi connectivity index (χ0v) is 12.3. The Labute approximate surface area is 121 Å². The maximum atomic E-state index is 11.6. The molecule has 108 valence electrons. The van der Waals surface area contributed by atoms with Crippen LogP contribution >= 0.6 is 11.3 Å². The van der Waals surface area contributed by atoms with Crippen molar-refractivity contribution in [3.63, 3.8) is 0 Å². The van der Waals surface area contributed by atoms with Crippen LogP contribution in [0.3, 0.4) is 0 Å².